The molecular weight excluding hydrogens is 234 g/mol. The van der Waals surface area contributed by atoms with Crippen molar-refractivity contribution in [3.05, 3.63) is 29.3 Å². The van der Waals surface area contributed by atoms with Crippen LogP contribution in [0.25, 0.3) is 0 Å². The van der Waals surface area contributed by atoms with Gasteiger partial charge in [0.1, 0.15) is 0 Å². The minimum Gasteiger partial charge on any atom is -0.370 e. The molecule has 1 aliphatic heterocycles. The van der Waals surface area contributed by atoms with Crippen LogP contribution in [0.5, 0.6) is 0 Å². The third kappa shape index (κ3) is 3.48. The summed E-state index contributed by atoms with van der Waals surface area (Å²) in [4.78, 5) is 4.89. The van der Waals surface area contributed by atoms with Crippen molar-refractivity contribution in [3.8, 4) is 0 Å². The first-order valence-electron chi connectivity index (χ1n) is 7.33. The van der Waals surface area contributed by atoms with Gasteiger partial charge in [0.05, 0.1) is 0 Å². The Kier molecular flexibility index (Phi) is 4.83. The van der Waals surface area contributed by atoms with E-state index in [0.29, 0.717) is 6.04 Å². The zero-order valence-electron chi connectivity index (χ0n) is 12.5. The quantitative estimate of drug-likeness (QED) is 0.900. The van der Waals surface area contributed by atoms with E-state index in [0.717, 1.165) is 19.5 Å². The standard InChI is InChI=1S/C16H27N3/c1-13-6-7-16(14(11-13)8-9-17)19(3)15-5-4-10-18(2)12-15/h6-7,11,15H,4-5,8-10,12,17H2,1-3H3. The second-order valence-electron chi connectivity index (χ2n) is 5.84. The van der Waals surface area contributed by atoms with Crippen molar-refractivity contribution in [1.82, 2.24) is 4.90 Å². The molecule has 1 saturated heterocycles. The first kappa shape index (κ1) is 14.4. The maximum absolute atomic E-state index is 5.75. The van der Waals surface area contributed by atoms with E-state index in [1.807, 2.05) is 0 Å². The predicted molar refractivity (Wildman–Crippen MR) is 82.9 cm³/mol. The highest BCUT2D eigenvalue weighted by Gasteiger charge is 2.22. The second-order valence-corrected chi connectivity index (χ2v) is 5.84. The lowest BCUT2D eigenvalue weighted by Crippen LogP contribution is -2.45. The fourth-order valence-corrected chi connectivity index (χ4v) is 3.07. The summed E-state index contributed by atoms with van der Waals surface area (Å²) in [6.07, 6.45) is 3.55. The highest BCUT2D eigenvalue weighted by molar-refractivity contribution is 5.55. The van der Waals surface area contributed by atoms with Gasteiger partial charge >= 0.3 is 0 Å². The van der Waals surface area contributed by atoms with Crippen molar-refractivity contribution < 1.29 is 0 Å². The van der Waals surface area contributed by atoms with Gasteiger partial charge in [0.15, 0.2) is 0 Å². The van der Waals surface area contributed by atoms with Crippen LogP contribution in [0, 0.1) is 6.92 Å². The molecule has 3 nitrogen and oxygen atoms in total. The summed E-state index contributed by atoms with van der Waals surface area (Å²) in [5.41, 5.74) is 9.82. The van der Waals surface area contributed by atoms with Gasteiger partial charge in [-0.2, -0.15) is 0 Å². The van der Waals surface area contributed by atoms with Crippen LogP contribution in [0.2, 0.25) is 0 Å². The minimum absolute atomic E-state index is 0.623. The third-order valence-electron chi connectivity index (χ3n) is 4.18. The number of likely N-dealkylation sites (N-methyl/N-ethyl adjacent to an activating group) is 2. The molecule has 0 bridgehead atoms. The summed E-state index contributed by atoms with van der Waals surface area (Å²) in [6, 6.07) is 7.37. The van der Waals surface area contributed by atoms with Crippen LogP contribution < -0.4 is 10.6 Å². The van der Waals surface area contributed by atoms with Gasteiger partial charge in [-0.3, -0.25) is 0 Å². The van der Waals surface area contributed by atoms with Gasteiger partial charge in [-0.25, -0.2) is 0 Å². The van der Waals surface area contributed by atoms with Crippen LogP contribution in [-0.4, -0.2) is 44.7 Å². The largest absolute Gasteiger partial charge is 0.370 e. The van der Waals surface area contributed by atoms with Crippen molar-refractivity contribution in [1.29, 1.82) is 0 Å². The van der Waals surface area contributed by atoms with Gasteiger partial charge in [0.2, 0.25) is 0 Å². The SMILES string of the molecule is Cc1ccc(N(C)C2CCCN(C)C2)c(CCN)c1. The number of aryl methyl sites for hydroxylation is 1. The number of anilines is 1. The zero-order valence-corrected chi connectivity index (χ0v) is 12.5. The van der Waals surface area contributed by atoms with E-state index in [-0.39, 0.29) is 0 Å². The maximum atomic E-state index is 5.75. The minimum atomic E-state index is 0.623. The molecule has 1 aliphatic rings. The van der Waals surface area contributed by atoms with E-state index in [2.05, 4.69) is 49.0 Å². The molecule has 2 rings (SSSR count). The molecule has 1 fully saturated rings. The van der Waals surface area contributed by atoms with Crippen molar-refractivity contribution in [2.24, 2.45) is 5.73 Å². The Morgan fingerprint density at radius 2 is 2.21 bits per heavy atom. The molecule has 1 atom stereocenters. The monoisotopic (exact) mass is 261 g/mol. The molecule has 19 heavy (non-hydrogen) atoms. The highest BCUT2D eigenvalue weighted by atomic mass is 15.2. The molecule has 1 heterocycles. The summed E-state index contributed by atoms with van der Waals surface area (Å²) in [5, 5.41) is 0. The van der Waals surface area contributed by atoms with Crippen LogP contribution in [0.15, 0.2) is 18.2 Å². The Morgan fingerprint density at radius 3 is 2.89 bits per heavy atom. The van der Waals surface area contributed by atoms with Crippen LogP contribution in [0.4, 0.5) is 5.69 Å². The Hall–Kier alpha value is -1.06. The average Bonchev–Trinajstić information content (AvgIpc) is 2.39. The Morgan fingerprint density at radius 1 is 1.42 bits per heavy atom. The number of likely N-dealkylation sites (tertiary alicyclic amines) is 1. The van der Waals surface area contributed by atoms with Gasteiger partial charge < -0.3 is 15.5 Å². The first-order valence-corrected chi connectivity index (χ1v) is 7.33. The summed E-state index contributed by atoms with van der Waals surface area (Å²) in [7, 11) is 4.45. The summed E-state index contributed by atoms with van der Waals surface area (Å²) in [5.74, 6) is 0. The van der Waals surface area contributed by atoms with Crippen molar-refractivity contribution in [3.63, 3.8) is 0 Å². The molecule has 3 heteroatoms. The van der Waals surface area contributed by atoms with E-state index in [9.17, 15) is 0 Å². The fourth-order valence-electron chi connectivity index (χ4n) is 3.07. The number of nitrogens with two attached hydrogens (primary N) is 1. The Balaban J connectivity index is 2.19. The van der Waals surface area contributed by atoms with Crippen molar-refractivity contribution in [2.75, 3.05) is 38.6 Å². The van der Waals surface area contributed by atoms with Crippen LogP contribution in [0.3, 0.4) is 0 Å². The van der Waals surface area contributed by atoms with Crippen molar-refractivity contribution >= 4 is 5.69 Å². The van der Waals surface area contributed by atoms with Gasteiger partial charge in [0.25, 0.3) is 0 Å². The van der Waals surface area contributed by atoms with Gasteiger partial charge in [0, 0.05) is 25.3 Å². The molecule has 0 aliphatic carbocycles. The second kappa shape index (κ2) is 6.40. The predicted octanol–water partition coefficient (Wildman–Crippen LogP) is 2.03. The topological polar surface area (TPSA) is 32.5 Å². The number of piperidine rings is 1. The van der Waals surface area contributed by atoms with Gasteiger partial charge in [-0.05, 0) is 58.0 Å². The number of rotatable bonds is 4. The van der Waals surface area contributed by atoms with E-state index in [1.165, 1.54) is 36.2 Å². The van der Waals surface area contributed by atoms with Crippen LogP contribution in [0.1, 0.15) is 24.0 Å². The van der Waals surface area contributed by atoms with E-state index < -0.39 is 0 Å². The van der Waals surface area contributed by atoms with Crippen molar-refractivity contribution in [2.45, 2.75) is 32.2 Å². The molecule has 0 saturated carbocycles. The molecule has 0 spiro atoms. The fraction of sp³-hybridized carbons (Fsp3) is 0.625. The summed E-state index contributed by atoms with van der Waals surface area (Å²) >= 11 is 0. The molecule has 0 amide bonds. The molecule has 1 unspecified atom stereocenters. The van der Waals surface area contributed by atoms with Gasteiger partial charge in [-0.1, -0.05) is 17.7 Å². The lowest BCUT2D eigenvalue weighted by molar-refractivity contribution is 0.248. The number of hydrogen-bond acceptors (Lipinski definition) is 3. The molecule has 106 valence electrons. The number of nitrogens with zero attached hydrogens (tertiary/aromatic N) is 2. The lowest BCUT2D eigenvalue weighted by atomic mass is 10.0. The smallest absolute Gasteiger partial charge is 0.0414 e. The summed E-state index contributed by atoms with van der Waals surface area (Å²) in [6.45, 7) is 5.26. The molecule has 1 aromatic rings. The number of benzene rings is 1. The van der Waals surface area contributed by atoms with Crippen LogP contribution in [-0.2, 0) is 6.42 Å². The first-order chi connectivity index (χ1) is 9.11. The normalized spacial score (nSPS) is 20.5. The lowest BCUT2D eigenvalue weighted by Gasteiger charge is -2.38. The molecular formula is C16H27N3. The third-order valence-corrected chi connectivity index (χ3v) is 4.18. The number of hydrogen-bond donors (Lipinski definition) is 1. The Bertz CT molecular complexity index is 416. The zero-order chi connectivity index (χ0) is 13.8. The molecule has 2 N–H and O–H groups in total. The summed E-state index contributed by atoms with van der Waals surface area (Å²) < 4.78 is 0. The van der Waals surface area contributed by atoms with E-state index in [1.54, 1.807) is 0 Å². The molecule has 0 aromatic heterocycles. The average molecular weight is 261 g/mol. The molecule has 1 aromatic carbocycles. The highest BCUT2D eigenvalue weighted by Crippen LogP contribution is 2.26. The Labute approximate surface area is 117 Å². The van der Waals surface area contributed by atoms with Crippen LogP contribution >= 0.6 is 0 Å². The molecule has 0 radical (unpaired) electrons. The van der Waals surface area contributed by atoms with E-state index >= 15 is 0 Å². The van der Waals surface area contributed by atoms with Gasteiger partial charge in [-0.15, -0.1) is 0 Å². The maximum Gasteiger partial charge on any atom is 0.0414 e. The van der Waals surface area contributed by atoms with E-state index in [4.69, 9.17) is 5.73 Å².